The van der Waals surface area contributed by atoms with Crippen molar-refractivity contribution in [1.82, 2.24) is 4.90 Å². The smallest absolute Gasteiger partial charge is 0.449 e. The molecule has 0 radical (unpaired) electrons. The topological polar surface area (TPSA) is 86.7 Å². The molecule has 0 saturated carbocycles. The average Bonchev–Trinajstić information content (AvgIpc) is 3.12. The monoisotopic (exact) mass is 442 g/mol. The number of carbonyl (C=O) groups is 2. The lowest BCUT2D eigenvalue weighted by atomic mass is 10.0. The summed E-state index contributed by atoms with van der Waals surface area (Å²) in [6, 6.07) is 8.59. The fraction of sp³-hybridized carbons (Fsp3) is 0.542. The molecule has 0 amide bonds. The number of hydrogen-bond donors (Lipinski definition) is 0. The maximum Gasteiger partial charge on any atom is 0.449 e. The minimum Gasteiger partial charge on any atom is -0.494 e. The predicted octanol–water partition coefficient (Wildman–Crippen LogP) is 3.19. The fourth-order valence-corrected chi connectivity index (χ4v) is 4.32. The van der Waals surface area contributed by atoms with Gasteiger partial charge in [-0.15, -0.1) is 0 Å². The standard InChI is InChI=1S/C24H30N2O6/c1-16-6-7-17(2)26(16)14-5-15-29-19-10-8-18(9-11-19)22-25-23(3,4)24(32-22)30-20(27)12-13-21(28)31-24/h8-13,16-17H,5-7,14-15H2,1-4H3. The van der Waals surface area contributed by atoms with Crippen LogP contribution < -0.4 is 4.74 Å². The number of esters is 2. The molecule has 1 saturated heterocycles. The molecular weight excluding hydrogens is 412 g/mol. The Morgan fingerprint density at radius 3 is 2.19 bits per heavy atom. The molecule has 4 rings (SSSR count). The zero-order chi connectivity index (χ0) is 22.9. The van der Waals surface area contributed by atoms with Crippen LogP contribution in [0, 0.1) is 0 Å². The highest BCUT2D eigenvalue weighted by molar-refractivity contribution is 5.98. The highest BCUT2D eigenvalue weighted by Gasteiger charge is 2.61. The van der Waals surface area contributed by atoms with Crippen LogP contribution in [0.3, 0.4) is 0 Å². The molecule has 1 aromatic rings. The van der Waals surface area contributed by atoms with Gasteiger partial charge in [0.2, 0.25) is 5.90 Å². The average molecular weight is 443 g/mol. The second-order valence-electron chi connectivity index (χ2n) is 9.05. The second-order valence-corrected chi connectivity index (χ2v) is 9.05. The fourth-order valence-electron chi connectivity index (χ4n) is 4.32. The molecule has 3 aliphatic heterocycles. The van der Waals surface area contributed by atoms with E-state index in [0.717, 1.165) is 30.9 Å². The first-order valence-electron chi connectivity index (χ1n) is 11.1. The van der Waals surface area contributed by atoms with Gasteiger partial charge in [-0.1, -0.05) is 0 Å². The summed E-state index contributed by atoms with van der Waals surface area (Å²) >= 11 is 0. The maximum absolute atomic E-state index is 11.9. The summed E-state index contributed by atoms with van der Waals surface area (Å²) in [6.07, 6.45) is 5.51. The quantitative estimate of drug-likeness (QED) is 0.494. The number of likely N-dealkylation sites (tertiary alicyclic amines) is 1. The molecule has 0 aliphatic carbocycles. The largest absolute Gasteiger partial charge is 0.494 e. The number of carbonyl (C=O) groups excluding carboxylic acids is 2. The second kappa shape index (κ2) is 8.58. The van der Waals surface area contributed by atoms with E-state index in [1.807, 2.05) is 24.3 Å². The first-order chi connectivity index (χ1) is 15.2. The zero-order valence-electron chi connectivity index (χ0n) is 19.0. The van der Waals surface area contributed by atoms with E-state index >= 15 is 0 Å². The maximum atomic E-state index is 11.9. The van der Waals surface area contributed by atoms with E-state index in [1.54, 1.807) is 13.8 Å². The minimum absolute atomic E-state index is 0.223. The van der Waals surface area contributed by atoms with Crippen molar-refractivity contribution in [2.24, 2.45) is 4.99 Å². The molecule has 2 unspecified atom stereocenters. The summed E-state index contributed by atoms with van der Waals surface area (Å²) in [7, 11) is 0. The SMILES string of the molecule is CC1CCC(C)N1CCCOc1ccc(C2=NC(C)(C)C3(OC(=O)C=CC(=O)O3)O2)cc1. The van der Waals surface area contributed by atoms with E-state index in [9.17, 15) is 9.59 Å². The van der Waals surface area contributed by atoms with E-state index in [0.29, 0.717) is 24.3 Å². The zero-order valence-corrected chi connectivity index (χ0v) is 19.0. The van der Waals surface area contributed by atoms with Crippen molar-refractivity contribution in [2.45, 2.75) is 70.6 Å². The summed E-state index contributed by atoms with van der Waals surface area (Å²) < 4.78 is 22.3. The van der Waals surface area contributed by atoms with Gasteiger partial charge in [-0.3, -0.25) is 4.90 Å². The van der Waals surface area contributed by atoms with Gasteiger partial charge >= 0.3 is 17.9 Å². The van der Waals surface area contributed by atoms with Gasteiger partial charge < -0.3 is 18.9 Å². The molecule has 0 bridgehead atoms. The number of hydrogen-bond acceptors (Lipinski definition) is 8. The first-order valence-corrected chi connectivity index (χ1v) is 11.1. The molecular formula is C24H30N2O6. The minimum atomic E-state index is -1.95. The Balaban J connectivity index is 1.36. The summed E-state index contributed by atoms with van der Waals surface area (Å²) in [4.78, 5) is 30.9. The lowest BCUT2D eigenvalue weighted by Gasteiger charge is -2.33. The van der Waals surface area contributed by atoms with Crippen LogP contribution in [0.2, 0.25) is 0 Å². The van der Waals surface area contributed by atoms with Gasteiger partial charge in [-0.2, -0.15) is 0 Å². The highest BCUT2D eigenvalue weighted by Crippen LogP contribution is 2.40. The molecule has 3 aliphatic rings. The summed E-state index contributed by atoms with van der Waals surface area (Å²) in [5.74, 6) is -2.44. The molecule has 172 valence electrons. The molecule has 1 fully saturated rings. The van der Waals surface area contributed by atoms with Crippen LogP contribution in [-0.4, -0.2) is 59.5 Å². The number of nitrogens with zero attached hydrogens (tertiary/aromatic N) is 2. The molecule has 2 atom stereocenters. The van der Waals surface area contributed by atoms with Crippen molar-refractivity contribution >= 4 is 17.8 Å². The Labute approximate surface area is 188 Å². The van der Waals surface area contributed by atoms with Crippen molar-refractivity contribution < 1.29 is 28.5 Å². The summed E-state index contributed by atoms with van der Waals surface area (Å²) in [5.41, 5.74) is -0.468. The molecule has 1 spiro atoms. The van der Waals surface area contributed by atoms with Gasteiger partial charge in [0.05, 0.1) is 6.61 Å². The van der Waals surface area contributed by atoms with Gasteiger partial charge in [0.1, 0.15) is 5.75 Å². The van der Waals surface area contributed by atoms with Crippen LogP contribution in [-0.2, 0) is 23.8 Å². The lowest BCUT2D eigenvalue weighted by Crippen LogP contribution is -2.53. The summed E-state index contributed by atoms with van der Waals surface area (Å²) in [6.45, 7) is 9.60. The lowest BCUT2D eigenvalue weighted by molar-refractivity contribution is -0.325. The van der Waals surface area contributed by atoms with Gasteiger partial charge in [-0.05, 0) is 71.2 Å². The molecule has 1 aromatic carbocycles. The number of aliphatic imine (C=N–C) groups is 1. The van der Waals surface area contributed by atoms with Crippen LogP contribution >= 0.6 is 0 Å². The molecule has 8 nitrogen and oxygen atoms in total. The van der Waals surface area contributed by atoms with Gasteiger partial charge in [0.15, 0.2) is 5.54 Å². The Bertz CT molecular complexity index is 906. The summed E-state index contributed by atoms with van der Waals surface area (Å²) in [5, 5.41) is 0. The number of rotatable bonds is 6. The van der Waals surface area contributed by atoms with E-state index in [1.165, 1.54) is 12.8 Å². The Kier molecular flexibility index (Phi) is 5.99. The van der Waals surface area contributed by atoms with Crippen LogP contribution in [0.15, 0.2) is 41.4 Å². The van der Waals surface area contributed by atoms with Crippen molar-refractivity contribution in [1.29, 1.82) is 0 Å². The Morgan fingerprint density at radius 1 is 1.00 bits per heavy atom. The Morgan fingerprint density at radius 2 is 1.59 bits per heavy atom. The Hall–Kier alpha value is -2.87. The van der Waals surface area contributed by atoms with Crippen molar-refractivity contribution in [3.8, 4) is 5.75 Å². The van der Waals surface area contributed by atoms with E-state index in [4.69, 9.17) is 18.9 Å². The predicted molar refractivity (Wildman–Crippen MR) is 117 cm³/mol. The van der Waals surface area contributed by atoms with Gasteiger partial charge in [0.25, 0.3) is 0 Å². The van der Waals surface area contributed by atoms with Crippen LogP contribution in [0.1, 0.15) is 52.5 Å². The van der Waals surface area contributed by atoms with Gasteiger partial charge in [-0.25, -0.2) is 14.6 Å². The van der Waals surface area contributed by atoms with Crippen LogP contribution in [0.25, 0.3) is 0 Å². The normalized spacial score (nSPS) is 26.3. The number of benzene rings is 1. The van der Waals surface area contributed by atoms with E-state index in [-0.39, 0.29) is 5.90 Å². The third kappa shape index (κ3) is 4.37. The van der Waals surface area contributed by atoms with E-state index in [2.05, 4.69) is 23.7 Å². The van der Waals surface area contributed by atoms with Gasteiger partial charge in [0, 0.05) is 36.3 Å². The highest BCUT2D eigenvalue weighted by atomic mass is 16.9. The third-order valence-electron chi connectivity index (χ3n) is 6.25. The van der Waals surface area contributed by atoms with Crippen LogP contribution in [0.5, 0.6) is 5.75 Å². The van der Waals surface area contributed by atoms with Crippen molar-refractivity contribution in [2.75, 3.05) is 13.2 Å². The van der Waals surface area contributed by atoms with Crippen molar-refractivity contribution in [3.05, 3.63) is 42.0 Å². The molecule has 3 heterocycles. The van der Waals surface area contributed by atoms with E-state index < -0.39 is 23.5 Å². The third-order valence-corrected chi connectivity index (χ3v) is 6.25. The van der Waals surface area contributed by atoms with Crippen molar-refractivity contribution in [3.63, 3.8) is 0 Å². The first kappa shape index (κ1) is 22.3. The molecule has 0 aromatic heterocycles. The molecule has 0 N–H and O–H groups in total. The molecule has 8 heteroatoms. The van der Waals surface area contributed by atoms with Crippen LogP contribution in [0.4, 0.5) is 0 Å². The number of ether oxygens (including phenoxy) is 4. The molecule has 32 heavy (non-hydrogen) atoms.